The second-order valence-corrected chi connectivity index (χ2v) is 7.19. The summed E-state index contributed by atoms with van der Waals surface area (Å²) in [7, 11) is -3.37. The van der Waals surface area contributed by atoms with E-state index >= 15 is 0 Å². The Hall–Kier alpha value is -1.61. The smallest absolute Gasteiger partial charge is 0.207 e. The van der Waals surface area contributed by atoms with Crippen molar-refractivity contribution in [3.63, 3.8) is 0 Å². The van der Waals surface area contributed by atoms with Crippen molar-refractivity contribution in [2.75, 3.05) is 0 Å². The Morgan fingerprint density at radius 2 is 1.26 bits per heavy atom. The standard InChI is InChI=1S/C16H16O2S/c1-10-4-6-15-13(8-10)12(3)14-9-11(2)5-7-16(14)19(15,17)18/h4-9,12H,1-3H3. The topological polar surface area (TPSA) is 34.1 Å². The highest BCUT2D eigenvalue weighted by atomic mass is 32.2. The van der Waals surface area contributed by atoms with Crippen molar-refractivity contribution in [1.82, 2.24) is 0 Å². The first-order valence-corrected chi connectivity index (χ1v) is 7.86. The van der Waals surface area contributed by atoms with Gasteiger partial charge in [-0.1, -0.05) is 42.3 Å². The molecule has 19 heavy (non-hydrogen) atoms. The van der Waals surface area contributed by atoms with Crippen molar-refractivity contribution in [2.24, 2.45) is 0 Å². The van der Waals surface area contributed by atoms with E-state index in [0.29, 0.717) is 9.79 Å². The van der Waals surface area contributed by atoms with Crippen molar-refractivity contribution in [3.8, 4) is 0 Å². The molecule has 0 saturated carbocycles. The third-order valence-corrected chi connectivity index (χ3v) is 5.74. The molecule has 0 spiro atoms. The van der Waals surface area contributed by atoms with Crippen LogP contribution in [0.4, 0.5) is 0 Å². The Bertz CT molecular complexity index is 714. The van der Waals surface area contributed by atoms with E-state index in [0.717, 1.165) is 22.3 Å². The van der Waals surface area contributed by atoms with Gasteiger partial charge in [0.05, 0.1) is 9.79 Å². The van der Waals surface area contributed by atoms with E-state index in [9.17, 15) is 8.42 Å². The summed E-state index contributed by atoms with van der Waals surface area (Å²) in [6, 6.07) is 11.2. The van der Waals surface area contributed by atoms with E-state index in [1.165, 1.54) is 0 Å². The van der Waals surface area contributed by atoms with Gasteiger partial charge in [0, 0.05) is 5.92 Å². The van der Waals surface area contributed by atoms with E-state index in [1.807, 2.05) is 38.1 Å². The maximum absolute atomic E-state index is 12.7. The fourth-order valence-electron chi connectivity index (χ4n) is 2.79. The van der Waals surface area contributed by atoms with E-state index in [2.05, 4.69) is 6.92 Å². The largest absolute Gasteiger partial charge is 0.218 e. The van der Waals surface area contributed by atoms with E-state index in [-0.39, 0.29) is 5.92 Å². The molecule has 0 bridgehead atoms. The molecule has 2 nitrogen and oxygen atoms in total. The number of fused-ring (bicyclic) bond motifs is 2. The van der Waals surface area contributed by atoms with E-state index in [1.54, 1.807) is 12.1 Å². The number of sulfone groups is 1. The van der Waals surface area contributed by atoms with Crippen LogP contribution < -0.4 is 0 Å². The Labute approximate surface area is 114 Å². The maximum Gasteiger partial charge on any atom is 0.207 e. The lowest BCUT2D eigenvalue weighted by Crippen LogP contribution is -2.17. The lowest BCUT2D eigenvalue weighted by Gasteiger charge is -2.26. The molecule has 3 heteroatoms. The molecule has 1 aliphatic heterocycles. The van der Waals surface area contributed by atoms with Crippen LogP contribution in [-0.2, 0) is 9.84 Å². The molecule has 1 heterocycles. The van der Waals surface area contributed by atoms with Gasteiger partial charge in [0.1, 0.15) is 0 Å². The molecule has 2 aromatic carbocycles. The van der Waals surface area contributed by atoms with Gasteiger partial charge in [-0.25, -0.2) is 8.42 Å². The maximum atomic E-state index is 12.7. The molecule has 3 rings (SSSR count). The molecular weight excluding hydrogens is 256 g/mol. The number of benzene rings is 2. The minimum atomic E-state index is -3.37. The van der Waals surface area contributed by atoms with Crippen molar-refractivity contribution >= 4 is 9.84 Å². The lowest BCUT2D eigenvalue weighted by molar-refractivity contribution is 0.588. The van der Waals surface area contributed by atoms with Gasteiger partial charge in [0.25, 0.3) is 0 Å². The van der Waals surface area contributed by atoms with Gasteiger partial charge >= 0.3 is 0 Å². The first-order chi connectivity index (χ1) is 8.91. The second-order valence-electron chi connectivity index (χ2n) is 5.31. The molecule has 0 radical (unpaired) electrons. The summed E-state index contributed by atoms with van der Waals surface area (Å²) in [4.78, 5) is 0.920. The predicted octanol–water partition coefficient (Wildman–Crippen LogP) is 3.60. The molecule has 1 aliphatic rings. The van der Waals surface area contributed by atoms with Crippen molar-refractivity contribution in [3.05, 3.63) is 58.7 Å². The Morgan fingerprint density at radius 3 is 1.68 bits per heavy atom. The molecular formula is C16H16O2S. The fraction of sp³-hybridized carbons (Fsp3) is 0.250. The molecule has 0 saturated heterocycles. The SMILES string of the molecule is Cc1ccc2c(c1)C(C)c1cc(C)ccc1S2(=O)=O. The monoisotopic (exact) mass is 272 g/mol. The summed E-state index contributed by atoms with van der Waals surface area (Å²) in [6.45, 7) is 6.06. The summed E-state index contributed by atoms with van der Waals surface area (Å²) >= 11 is 0. The first-order valence-electron chi connectivity index (χ1n) is 6.37. The Balaban J connectivity index is 2.39. The van der Waals surface area contributed by atoms with Gasteiger partial charge in [0.15, 0.2) is 0 Å². The summed E-state index contributed by atoms with van der Waals surface area (Å²) in [5.41, 5.74) is 4.02. The van der Waals surface area contributed by atoms with Crippen LogP contribution in [0.1, 0.15) is 35.1 Å². The average Bonchev–Trinajstić information content (AvgIpc) is 2.35. The van der Waals surface area contributed by atoms with Gasteiger partial charge in [-0.05, 0) is 37.1 Å². The van der Waals surface area contributed by atoms with Crippen molar-refractivity contribution in [1.29, 1.82) is 0 Å². The number of rotatable bonds is 0. The third kappa shape index (κ3) is 1.72. The molecule has 0 aliphatic carbocycles. The summed E-state index contributed by atoms with van der Waals surface area (Å²) in [5, 5.41) is 0. The molecule has 0 fully saturated rings. The summed E-state index contributed by atoms with van der Waals surface area (Å²) in [5.74, 6) is 0.119. The lowest BCUT2D eigenvalue weighted by atomic mass is 9.90. The molecule has 0 amide bonds. The van der Waals surface area contributed by atoms with Crippen LogP contribution in [-0.4, -0.2) is 8.42 Å². The number of hydrogen-bond acceptors (Lipinski definition) is 2. The van der Waals surface area contributed by atoms with E-state index in [4.69, 9.17) is 0 Å². The molecule has 0 N–H and O–H groups in total. The van der Waals surface area contributed by atoms with Gasteiger partial charge in [-0.3, -0.25) is 0 Å². The van der Waals surface area contributed by atoms with Gasteiger partial charge in [0.2, 0.25) is 9.84 Å². The van der Waals surface area contributed by atoms with Gasteiger partial charge < -0.3 is 0 Å². The van der Waals surface area contributed by atoms with Crippen LogP contribution in [0.2, 0.25) is 0 Å². The zero-order valence-corrected chi connectivity index (χ0v) is 12.1. The number of aryl methyl sites for hydroxylation is 2. The highest BCUT2D eigenvalue weighted by molar-refractivity contribution is 7.91. The molecule has 98 valence electrons. The second kappa shape index (κ2) is 3.94. The molecule has 0 aromatic heterocycles. The minimum Gasteiger partial charge on any atom is -0.218 e. The zero-order valence-electron chi connectivity index (χ0n) is 11.3. The average molecular weight is 272 g/mol. The van der Waals surface area contributed by atoms with Crippen LogP contribution in [0.15, 0.2) is 46.2 Å². The van der Waals surface area contributed by atoms with E-state index < -0.39 is 9.84 Å². The third-order valence-electron chi connectivity index (χ3n) is 3.84. The van der Waals surface area contributed by atoms with Crippen molar-refractivity contribution in [2.45, 2.75) is 36.5 Å². The molecule has 0 unspecified atom stereocenters. The van der Waals surface area contributed by atoms with Crippen molar-refractivity contribution < 1.29 is 8.42 Å². The highest BCUT2D eigenvalue weighted by Gasteiger charge is 2.33. The Kier molecular flexibility index (Phi) is 2.58. The fourth-order valence-corrected chi connectivity index (χ4v) is 4.61. The summed E-state index contributed by atoms with van der Waals surface area (Å²) in [6.07, 6.45) is 0. The molecule has 2 aromatic rings. The highest BCUT2D eigenvalue weighted by Crippen LogP contribution is 2.42. The quantitative estimate of drug-likeness (QED) is 0.734. The Morgan fingerprint density at radius 1 is 0.842 bits per heavy atom. The summed E-state index contributed by atoms with van der Waals surface area (Å²) < 4.78 is 25.3. The zero-order chi connectivity index (χ0) is 13.8. The van der Waals surface area contributed by atoms with Crippen LogP contribution in [0.25, 0.3) is 0 Å². The van der Waals surface area contributed by atoms with Gasteiger partial charge in [-0.2, -0.15) is 0 Å². The van der Waals surface area contributed by atoms with Crippen LogP contribution in [0.5, 0.6) is 0 Å². The number of hydrogen-bond donors (Lipinski definition) is 0. The predicted molar refractivity (Wildman–Crippen MR) is 75.3 cm³/mol. The van der Waals surface area contributed by atoms with Crippen LogP contribution >= 0.6 is 0 Å². The van der Waals surface area contributed by atoms with Crippen LogP contribution in [0, 0.1) is 13.8 Å². The normalized spacial score (nSPS) is 16.8. The molecule has 0 atom stereocenters. The van der Waals surface area contributed by atoms with Gasteiger partial charge in [-0.15, -0.1) is 0 Å². The first kappa shape index (κ1) is 12.4. The van der Waals surface area contributed by atoms with Crippen LogP contribution in [0.3, 0.4) is 0 Å². The minimum absolute atomic E-state index is 0.119.